The summed E-state index contributed by atoms with van der Waals surface area (Å²) in [5, 5.41) is 7.28. The number of nitrogens with one attached hydrogen (secondary N) is 1. The lowest BCUT2D eigenvalue weighted by Gasteiger charge is -2.25. The molecule has 1 fully saturated rings. The summed E-state index contributed by atoms with van der Waals surface area (Å²) in [6, 6.07) is 10.0. The summed E-state index contributed by atoms with van der Waals surface area (Å²) >= 11 is 0. The van der Waals surface area contributed by atoms with Crippen molar-refractivity contribution in [2.24, 2.45) is 5.73 Å². The molecule has 0 spiro atoms. The number of morpholine rings is 1. The van der Waals surface area contributed by atoms with Crippen LogP contribution in [0.1, 0.15) is 23.3 Å². The van der Waals surface area contributed by atoms with E-state index in [-0.39, 0.29) is 6.04 Å². The van der Waals surface area contributed by atoms with Gasteiger partial charge in [-0.15, -0.1) is 0 Å². The minimum Gasteiger partial charge on any atom is -0.379 e. The predicted octanol–water partition coefficient (Wildman–Crippen LogP) is 0.922. The van der Waals surface area contributed by atoms with E-state index in [1.807, 2.05) is 18.2 Å². The molecule has 1 saturated heterocycles. The molecule has 6 nitrogen and oxygen atoms in total. The molecule has 0 unspecified atom stereocenters. The van der Waals surface area contributed by atoms with Crippen LogP contribution < -0.4 is 5.73 Å². The Morgan fingerprint density at radius 1 is 1.23 bits per heavy atom. The summed E-state index contributed by atoms with van der Waals surface area (Å²) in [6.07, 6.45) is 1.62. The van der Waals surface area contributed by atoms with E-state index in [4.69, 9.17) is 10.5 Å². The summed E-state index contributed by atoms with van der Waals surface area (Å²) in [7, 11) is 0. The number of hydrogen-bond donors (Lipinski definition) is 2. The number of nitrogens with two attached hydrogens (primary N) is 1. The SMILES string of the molecule is N[C@H](Cc1ccccc1)c1n[nH]c(CCN2CCOCC2)n1. The maximum atomic E-state index is 6.21. The Balaban J connectivity index is 1.51. The van der Waals surface area contributed by atoms with E-state index in [0.717, 1.165) is 51.5 Å². The monoisotopic (exact) mass is 301 g/mol. The molecule has 0 saturated carbocycles. The summed E-state index contributed by atoms with van der Waals surface area (Å²) in [4.78, 5) is 6.93. The molecule has 2 aromatic rings. The van der Waals surface area contributed by atoms with E-state index in [2.05, 4.69) is 32.2 Å². The van der Waals surface area contributed by atoms with Crippen molar-refractivity contribution in [1.29, 1.82) is 0 Å². The molecule has 3 rings (SSSR count). The Bertz CT molecular complexity index is 565. The number of benzene rings is 1. The molecular weight excluding hydrogens is 278 g/mol. The molecule has 1 aromatic heterocycles. The van der Waals surface area contributed by atoms with Crippen molar-refractivity contribution >= 4 is 0 Å². The molecular formula is C16H23N5O. The Labute approximate surface area is 130 Å². The molecule has 118 valence electrons. The summed E-state index contributed by atoms with van der Waals surface area (Å²) in [5.74, 6) is 1.60. The Morgan fingerprint density at radius 3 is 2.77 bits per heavy atom. The van der Waals surface area contributed by atoms with Gasteiger partial charge in [-0.2, -0.15) is 5.10 Å². The van der Waals surface area contributed by atoms with Gasteiger partial charge in [0.15, 0.2) is 5.82 Å². The first-order chi connectivity index (χ1) is 10.8. The van der Waals surface area contributed by atoms with Gasteiger partial charge in [-0.05, 0) is 12.0 Å². The Kier molecular flexibility index (Phi) is 5.15. The van der Waals surface area contributed by atoms with Crippen LogP contribution in [0.2, 0.25) is 0 Å². The third-order valence-corrected chi connectivity index (χ3v) is 3.95. The van der Waals surface area contributed by atoms with E-state index >= 15 is 0 Å². The number of rotatable bonds is 6. The number of H-pyrrole nitrogens is 1. The summed E-state index contributed by atoms with van der Waals surface area (Å²) in [5.41, 5.74) is 7.41. The zero-order chi connectivity index (χ0) is 15.2. The molecule has 1 atom stereocenters. The molecule has 1 aromatic carbocycles. The van der Waals surface area contributed by atoms with Crippen molar-refractivity contribution in [1.82, 2.24) is 20.1 Å². The highest BCUT2D eigenvalue weighted by atomic mass is 16.5. The molecule has 0 bridgehead atoms. The zero-order valence-electron chi connectivity index (χ0n) is 12.7. The number of nitrogens with zero attached hydrogens (tertiary/aromatic N) is 3. The van der Waals surface area contributed by atoms with Crippen LogP contribution in [-0.2, 0) is 17.6 Å². The third kappa shape index (κ3) is 4.13. The first-order valence-corrected chi connectivity index (χ1v) is 7.82. The average molecular weight is 301 g/mol. The van der Waals surface area contributed by atoms with Crippen LogP contribution in [-0.4, -0.2) is 52.9 Å². The normalized spacial score (nSPS) is 17.5. The quantitative estimate of drug-likeness (QED) is 0.829. The number of hydrogen-bond acceptors (Lipinski definition) is 5. The molecule has 0 aliphatic carbocycles. The second kappa shape index (κ2) is 7.49. The van der Waals surface area contributed by atoms with E-state index in [1.54, 1.807) is 0 Å². The molecule has 1 aliphatic heterocycles. The van der Waals surface area contributed by atoms with Crippen LogP contribution in [0.5, 0.6) is 0 Å². The van der Waals surface area contributed by atoms with Gasteiger partial charge in [0.1, 0.15) is 5.82 Å². The molecule has 0 radical (unpaired) electrons. The first-order valence-electron chi connectivity index (χ1n) is 7.82. The van der Waals surface area contributed by atoms with Gasteiger partial charge in [-0.3, -0.25) is 10.00 Å². The van der Waals surface area contributed by atoms with Crippen LogP contribution in [0.3, 0.4) is 0 Å². The molecule has 22 heavy (non-hydrogen) atoms. The van der Waals surface area contributed by atoms with Gasteiger partial charge in [0.25, 0.3) is 0 Å². The predicted molar refractivity (Wildman–Crippen MR) is 84.4 cm³/mol. The van der Waals surface area contributed by atoms with Crippen LogP contribution in [0.25, 0.3) is 0 Å². The van der Waals surface area contributed by atoms with Gasteiger partial charge in [0.05, 0.1) is 19.3 Å². The largest absolute Gasteiger partial charge is 0.379 e. The van der Waals surface area contributed by atoms with E-state index in [0.29, 0.717) is 5.82 Å². The van der Waals surface area contributed by atoms with Gasteiger partial charge in [-0.1, -0.05) is 30.3 Å². The fraction of sp³-hybridized carbons (Fsp3) is 0.500. The average Bonchev–Trinajstić information content (AvgIpc) is 3.04. The maximum absolute atomic E-state index is 6.21. The van der Waals surface area contributed by atoms with Crippen molar-refractivity contribution in [2.75, 3.05) is 32.8 Å². The van der Waals surface area contributed by atoms with Crippen molar-refractivity contribution in [3.8, 4) is 0 Å². The highest BCUT2D eigenvalue weighted by Crippen LogP contribution is 2.12. The van der Waals surface area contributed by atoms with Crippen LogP contribution >= 0.6 is 0 Å². The van der Waals surface area contributed by atoms with Gasteiger partial charge in [-0.25, -0.2) is 4.98 Å². The first kappa shape index (κ1) is 15.1. The topological polar surface area (TPSA) is 80.1 Å². The number of aromatic amines is 1. The molecule has 6 heteroatoms. The second-order valence-corrected chi connectivity index (χ2v) is 5.64. The van der Waals surface area contributed by atoms with Gasteiger partial charge in [0.2, 0.25) is 0 Å². The van der Waals surface area contributed by atoms with Crippen molar-refractivity contribution in [3.05, 3.63) is 47.5 Å². The van der Waals surface area contributed by atoms with Crippen LogP contribution in [0.4, 0.5) is 0 Å². The molecule has 3 N–H and O–H groups in total. The smallest absolute Gasteiger partial charge is 0.167 e. The van der Waals surface area contributed by atoms with E-state index < -0.39 is 0 Å². The van der Waals surface area contributed by atoms with Gasteiger partial charge >= 0.3 is 0 Å². The minimum absolute atomic E-state index is 0.171. The summed E-state index contributed by atoms with van der Waals surface area (Å²) in [6.45, 7) is 4.61. The van der Waals surface area contributed by atoms with Crippen LogP contribution in [0.15, 0.2) is 30.3 Å². The maximum Gasteiger partial charge on any atom is 0.167 e. The fourth-order valence-electron chi connectivity index (χ4n) is 2.64. The molecule has 1 aliphatic rings. The fourth-order valence-corrected chi connectivity index (χ4v) is 2.64. The highest BCUT2D eigenvalue weighted by Gasteiger charge is 2.14. The lowest BCUT2D eigenvalue weighted by atomic mass is 10.1. The van der Waals surface area contributed by atoms with E-state index in [1.165, 1.54) is 5.56 Å². The number of aromatic nitrogens is 3. The minimum atomic E-state index is -0.171. The summed E-state index contributed by atoms with van der Waals surface area (Å²) < 4.78 is 5.35. The van der Waals surface area contributed by atoms with Gasteiger partial charge < -0.3 is 10.5 Å². The molecule has 2 heterocycles. The standard InChI is InChI=1S/C16H23N5O/c17-14(12-13-4-2-1-3-5-13)16-18-15(19-20-16)6-7-21-8-10-22-11-9-21/h1-5,14H,6-12,17H2,(H,18,19,20)/t14-/m1/s1. The van der Waals surface area contributed by atoms with Crippen molar-refractivity contribution < 1.29 is 4.74 Å². The van der Waals surface area contributed by atoms with E-state index in [9.17, 15) is 0 Å². The lowest BCUT2D eigenvalue weighted by Crippen LogP contribution is -2.37. The number of ether oxygens (including phenoxy) is 1. The third-order valence-electron chi connectivity index (χ3n) is 3.95. The van der Waals surface area contributed by atoms with Gasteiger partial charge in [0, 0.05) is 26.1 Å². The van der Waals surface area contributed by atoms with Crippen molar-refractivity contribution in [3.63, 3.8) is 0 Å². The zero-order valence-corrected chi connectivity index (χ0v) is 12.7. The lowest BCUT2D eigenvalue weighted by molar-refractivity contribution is 0.0382. The Hall–Kier alpha value is -1.76. The highest BCUT2D eigenvalue weighted by molar-refractivity contribution is 5.17. The van der Waals surface area contributed by atoms with Crippen molar-refractivity contribution in [2.45, 2.75) is 18.9 Å². The molecule has 0 amide bonds. The second-order valence-electron chi connectivity index (χ2n) is 5.64. The van der Waals surface area contributed by atoms with Crippen LogP contribution in [0, 0.1) is 0 Å². The Morgan fingerprint density at radius 2 is 2.00 bits per heavy atom.